The number of sulfone groups is 1. The number of thioether (sulfide) groups is 1. The second-order valence-electron chi connectivity index (χ2n) is 5.57. The van der Waals surface area contributed by atoms with Gasteiger partial charge in [-0.25, -0.2) is 12.8 Å². The van der Waals surface area contributed by atoms with Gasteiger partial charge < -0.3 is 10.2 Å². The van der Waals surface area contributed by atoms with Crippen molar-refractivity contribution in [2.45, 2.75) is 23.5 Å². The Kier molecular flexibility index (Phi) is 6.91. The fourth-order valence-electron chi connectivity index (χ4n) is 2.60. The van der Waals surface area contributed by atoms with Gasteiger partial charge in [0.25, 0.3) is 0 Å². The number of nitrogens with one attached hydrogen (secondary N) is 1. The number of guanidine groups is 1. The molecule has 134 valence electrons. The summed E-state index contributed by atoms with van der Waals surface area (Å²) in [5.41, 5.74) is 0. The number of benzene rings is 1. The van der Waals surface area contributed by atoms with Crippen molar-refractivity contribution < 1.29 is 12.8 Å². The summed E-state index contributed by atoms with van der Waals surface area (Å²) in [5, 5.41) is 3.66. The van der Waals surface area contributed by atoms with Crippen LogP contribution in [0.1, 0.15) is 13.3 Å². The number of halogens is 1. The topological polar surface area (TPSA) is 61.8 Å². The van der Waals surface area contributed by atoms with Gasteiger partial charge in [0, 0.05) is 37.7 Å². The largest absolute Gasteiger partial charge is 0.355 e. The Bertz CT molecular complexity index is 680. The summed E-state index contributed by atoms with van der Waals surface area (Å²) in [6.07, 6.45) is 1.10. The fraction of sp³-hybridized carbons (Fsp3) is 0.562. The minimum atomic E-state index is -3.66. The Labute approximate surface area is 147 Å². The van der Waals surface area contributed by atoms with Crippen LogP contribution in [0.15, 0.2) is 34.2 Å². The standard InChI is InChI=1S/C16H24FN3O2S2/c1-3-13-12-20(9-10-23-13)16(18-2)19-8-11-24(21,22)15-7-5-4-6-14(15)17/h4-7,13H,3,8-12H2,1-2H3,(H,18,19). The molecule has 1 saturated heterocycles. The van der Waals surface area contributed by atoms with Crippen LogP contribution >= 0.6 is 11.8 Å². The number of rotatable bonds is 5. The van der Waals surface area contributed by atoms with Gasteiger partial charge in [0.05, 0.1) is 5.75 Å². The molecule has 24 heavy (non-hydrogen) atoms. The smallest absolute Gasteiger partial charge is 0.193 e. The normalized spacial score (nSPS) is 19.4. The van der Waals surface area contributed by atoms with E-state index in [4.69, 9.17) is 0 Å². The van der Waals surface area contributed by atoms with Gasteiger partial charge in [-0.05, 0) is 18.6 Å². The maximum Gasteiger partial charge on any atom is 0.193 e. The second kappa shape index (κ2) is 8.71. The van der Waals surface area contributed by atoms with E-state index in [0.717, 1.165) is 31.3 Å². The molecule has 0 radical (unpaired) electrons. The molecule has 1 N–H and O–H groups in total. The van der Waals surface area contributed by atoms with Crippen LogP contribution in [0.5, 0.6) is 0 Å². The lowest BCUT2D eigenvalue weighted by Gasteiger charge is -2.34. The van der Waals surface area contributed by atoms with Crippen molar-refractivity contribution >= 4 is 27.6 Å². The molecule has 0 amide bonds. The highest BCUT2D eigenvalue weighted by atomic mass is 32.2. The first-order valence-electron chi connectivity index (χ1n) is 8.02. The summed E-state index contributed by atoms with van der Waals surface area (Å²) < 4.78 is 38.2. The van der Waals surface area contributed by atoms with E-state index in [9.17, 15) is 12.8 Å². The number of hydrogen-bond donors (Lipinski definition) is 1. The van der Waals surface area contributed by atoms with Gasteiger partial charge in [0.2, 0.25) is 0 Å². The second-order valence-corrected chi connectivity index (χ2v) is 9.06. The van der Waals surface area contributed by atoms with Crippen LogP contribution in [-0.4, -0.2) is 62.7 Å². The average molecular weight is 374 g/mol. The highest BCUT2D eigenvalue weighted by molar-refractivity contribution is 8.00. The van der Waals surface area contributed by atoms with E-state index >= 15 is 0 Å². The van der Waals surface area contributed by atoms with Gasteiger partial charge in [0.1, 0.15) is 10.7 Å². The first-order valence-corrected chi connectivity index (χ1v) is 10.7. The highest BCUT2D eigenvalue weighted by Crippen LogP contribution is 2.21. The summed E-state index contributed by atoms with van der Waals surface area (Å²) >= 11 is 1.96. The molecule has 0 spiro atoms. The summed E-state index contributed by atoms with van der Waals surface area (Å²) in [5.74, 6) is 0.859. The zero-order chi connectivity index (χ0) is 17.6. The molecule has 1 aliphatic heterocycles. The maximum atomic E-state index is 13.7. The van der Waals surface area contributed by atoms with E-state index < -0.39 is 15.7 Å². The van der Waals surface area contributed by atoms with Crippen molar-refractivity contribution in [3.63, 3.8) is 0 Å². The van der Waals surface area contributed by atoms with Crippen LogP contribution in [0.25, 0.3) is 0 Å². The minimum Gasteiger partial charge on any atom is -0.355 e. The van der Waals surface area contributed by atoms with Crippen molar-refractivity contribution in [2.24, 2.45) is 4.99 Å². The van der Waals surface area contributed by atoms with Crippen LogP contribution < -0.4 is 5.32 Å². The molecule has 1 aliphatic rings. The van der Waals surface area contributed by atoms with E-state index in [2.05, 4.69) is 22.1 Å². The predicted molar refractivity (Wildman–Crippen MR) is 97.9 cm³/mol. The van der Waals surface area contributed by atoms with Crippen molar-refractivity contribution in [2.75, 3.05) is 38.2 Å². The van der Waals surface area contributed by atoms with Gasteiger partial charge in [0.15, 0.2) is 15.8 Å². The fourth-order valence-corrected chi connectivity index (χ4v) is 5.02. The lowest BCUT2D eigenvalue weighted by Crippen LogP contribution is -2.48. The summed E-state index contributed by atoms with van der Waals surface area (Å²) in [6, 6.07) is 5.47. The molecule has 1 atom stereocenters. The molecule has 1 aromatic rings. The molecule has 0 saturated carbocycles. The molecule has 1 aromatic carbocycles. The quantitative estimate of drug-likeness (QED) is 0.632. The highest BCUT2D eigenvalue weighted by Gasteiger charge is 2.22. The van der Waals surface area contributed by atoms with Crippen molar-refractivity contribution in [1.29, 1.82) is 0 Å². The zero-order valence-corrected chi connectivity index (χ0v) is 15.7. The molecule has 1 fully saturated rings. The van der Waals surface area contributed by atoms with Crippen LogP contribution in [-0.2, 0) is 9.84 Å². The van der Waals surface area contributed by atoms with Gasteiger partial charge in [-0.3, -0.25) is 4.99 Å². The lowest BCUT2D eigenvalue weighted by molar-refractivity contribution is 0.409. The average Bonchev–Trinajstić information content (AvgIpc) is 2.59. The third-order valence-electron chi connectivity index (χ3n) is 3.93. The van der Waals surface area contributed by atoms with E-state index in [1.54, 1.807) is 7.05 Å². The number of aliphatic imine (C=N–C) groups is 1. The Balaban J connectivity index is 1.93. The molecule has 0 aliphatic carbocycles. The first-order chi connectivity index (χ1) is 11.5. The Hall–Kier alpha value is -1.28. The minimum absolute atomic E-state index is 0.174. The molecule has 5 nitrogen and oxygen atoms in total. The van der Waals surface area contributed by atoms with Crippen LogP contribution in [0.4, 0.5) is 4.39 Å². The van der Waals surface area contributed by atoms with Crippen LogP contribution in [0.2, 0.25) is 0 Å². The van der Waals surface area contributed by atoms with Crippen molar-refractivity contribution in [1.82, 2.24) is 10.2 Å². The molecule has 2 rings (SSSR count). The Morgan fingerprint density at radius 2 is 2.21 bits per heavy atom. The molecule has 0 bridgehead atoms. The number of hydrogen-bond acceptors (Lipinski definition) is 4. The molecule has 1 unspecified atom stereocenters. The van der Waals surface area contributed by atoms with Crippen molar-refractivity contribution in [3.05, 3.63) is 30.1 Å². The Morgan fingerprint density at radius 3 is 2.88 bits per heavy atom. The van der Waals surface area contributed by atoms with E-state index in [1.807, 2.05) is 11.8 Å². The molecule has 0 aromatic heterocycles. The monoisotopic (exact) mass is 373 g/mol. The molecular formula is C16H24FN3O2S2. The first kappa shape index (κ1) is 19.1. The summed E-state index contributed by atoms with van der Waals surface area (Å²) in [7, 11) is -1.97. The van der Waals surface area contributed by atoms with E-state index in [-0.39, 0.29) is 17.2 Å². The van der Waals surface area contributed by atoms with Gasteiger partial charge in [-0.15, -0.1) is 0 Å². The van der Waals surface area contributed by atoms with Gasteiger partial charge in [-0.2, -0.15) is 11.8 Å². The zero-order valence-electron chi connectivity index (χ0n) is 14.0. The Morgan fingerprint density at radius 1 is 1.46 bits per heavy atom. The third kappa shape index (κ3) is 4.86. The van der Waals surface area contributed by atoms with Crippen molar-refractivity contribution in [3.8, 4) is 0 Å². The lowest BCUT2D eigenvalue weighted by atomic mass is 10.3. The molecular weight excluding hydrogens is 349 g/mol. The predicted octanol–water partition coefficient (Wildman–Crippen LogP) is 2.00. The van der Waals surface area contributed by atoms with Crippen LogP contribution in [0.3, 0.4) is 0 Å². The number of nitrogens with zero attached hydrogens (tertiary/aromatic N) is 2. The SMILES string of the molecule is CCC1CN(C(=NC)NCCS(=O)(=O)c2ccccc2F)CCS1. The van der Waals surface area contributed by atoms with Gasteiger partial charge >= 0.3 is 0 Å². The summed E-state index contributed by atoms with van der Waals surface area (Å²) in [6.45, 7) is 4.16. The summed E-state index contributed by atoms with van der Waals surface area (Å²) in [4.78, 5) is 6.15. The molecule has 1 heterocycles. The maximum absolute atomic E-state index is 13.7. The van der Waals surface area contributed by atoms with E-state index in [0.29, 0.717) is 11.2 Å². The van der Waals surface area contributed by atoms with Crippen LogP contribution in [0, 0.1) is 5.82 Å². The van der Waals surface area contributed by atoms with E-state index in [1.165, 1.54) is 18.2 Å². The molecule has 8 heteroatoms. The van der Waals surface area contributed by atoms with Gasteiger partial charge in [-0.1, -0.05) is 19.1 Å². The third-order valence-corrected chi connectivity index (χ3v) is 7.05.